The molecule has 0 fully saturated rings. The Morgan fingerprint density at radius 3 is 2.14 bits per heavy atom. The number of nitrogens with zero attached hydrogens (tertiary/aromatic N) is 2. The van der Waals surface area contributed by atoms with Gasteiger partial charge in [-0.25, -0.2) is 12.8 Å². The zero-order valence-corrected chi connectivity index (χ0v) is 26.1. The van der Waals surface area contributed by atoms with Crippen LogP contribution in [0.4, 0.5) is 10.1 Å². The number of hydrogen-bond donors (Lipinski definition) is 1. The molecular formula is C33H33BrFN3O4S. The van der Waals surface area contributed by atoms with Gasteiger partial charge in [-0.3, -0.25) is 13.9 Å². The fraction of sp³-hybridized carbons (Fsp3) is 0.212. The van der Waals surface area contributed by atoms with E-state index in [0.717, 1.165) is 26.0 Å². The van der Waals surface area contributed by atoms with Gasteiger partial charge in [0, 0.05) is 24.0 Å². The number of amides is 2. The van der Waals surface area contributed by atoms with Crippen LogP contribution in [0.15, 0.2) is 119 Å². The number of hydrogen-bond acceptors (Lipinski definition) is 4. The van der Waals surface area contributed by atoms with Gasteiger partial charge in [0.1, 0.15) is 18.4 Å². The standard InChI is InChI=1S/C33H33BrFN3O4S/c1-2-20-36-33(40)31(22-25-12-5-3-6-13-25)37(23-26-14-11-15-27(34)21-26)32(39)24-38(30-19-10-9-18-29(30)35)43(41,42)28-16-7-4-8-17-28/h3-19,21,31H,2,20,22-24H2,1H3,(H,36,40)/t31-/m1/s1. The van der Waals surface area contributed by atoms with E-state index in [0.29, 0.717) is 13.0 Å². The van der Waals surface area contributed by atoms with Gasteiger partial charge in [0.2, 0.25) is 11.8 Å². The Hall–Kier alpha value is -4.02. The lowest BCUT2D eigenvalue weighted by atomic mass is 10.0. The SMILES string of the molecule is CCCNC(=O)[C@@H](Cc1ccccc1)N(Cc1cccc(Br)c1)C(=O)CN(c1ccccc1F)S(=O)(=O)c1ccccc1. The molecule has 0 saturated carbocycles. The van der Waals surface area contributed by atoms with E-state index in [1.54, 1.807) is 18.2 Å². The van der Waals surface area contributed by atoms with E-state index in [2.05, 4.69) is 21.2 Å². The molecule has 0 aliphatic rings. The molecule has 0 spiro atoms. The summed E-state index contributed by atoms with van der Waals surface area (Å²) < 4.78 is 44.5. The van der Waals surface area contributed by atoms with Gasteiger partial charge in [-0.15, -0.1) is 0 Å². The monoisotopic (exact) mass is 665 g/mol. The normalized spacial score (nSPS) is 11.9. The van der Waals surface area contributed by atoms with E-state index in [-0.39, 0.29) is 29.5 Å². The van der Waals surface area contributed by atoms with E-state index in [1.165, 1.54) is 35.2 Å². The molecule has 224 valence electrons. The predicted octanol–water partition coefficient (Wildman–Crippen LogP) is 5.95. The Morgan fingerprint density at radius 2 is 1.49 bits per heavy atom. The van der Waals surface area contributed by atoms with Crippen molar-refractivity contribution in [2.45, 2.75) is 37.2 Å². The average Bonchev–Trinajstić information content (AvgIpc) is 3.01. The van der Waals surface area contributed by atoms with Crippen molar-refractivity contribution in [1.29, 1.82) is 0 Å². The largest absolute Gasteiger partial charge is 0.354 e. The Kier molecular flexibility index (Phi) is 11.1. The van der Waals surface area contributed by atoms with Crippen molar-refractivity contribution in [1.82, 2.24) is 10.2 Å². The first-order valence-electron chi connectivity index (χ1n) is 13.9. The molecule has 7 nitrogen and oxygen atoms in total. The second-order valence-corrected chi connectivity index (χ2v) is 12.7. The van der Waals surface area contributed by atoms with E-state index < -0.39 is 34.3 Å². The third kappa shape index (κ3) is 8.30. The average molecular weight is 667 g/mol. The number of nitrogens with one attached hydrogen (secondary N) is 1. The molecule has 1 atom stereocenters. The summed E-state index contributed by atoms with van der Waals surface area (Å²) in [6, 6.07) is 28.6. The first kappa shape index (κ1) is 31.9. The van der Waals surface area contributed by atoms with Gasteiger partial charge in [-0.1, -0.05) is 95.7 Å². The van der Waals surface area contributed by atoms with Crippen LogP contribution in [0.5, 0.6) is 0 Å². The lowest BCUT2D eigenvalue weighted by Crippen LogP contribution is -2.53. The van der Waals surface area contributed by atoms with E-state index in [4.69, 9.17) is 0 Å². The minimum absolute atomic E-state index is 0.0197. The van der Waals surface area contributed by atoms with Gasteiger partial charge >= 0.3 is 0 Å². The van der Waals surface area contributed by atoms with Crippen LogP contribution in [0.25, 0.3) is 0 Å². The molecule has 4 aromatic carbocycles. The summed E-state index contributed by atoms with van der Waals surface area (Å²) in [4.78, 5) is 29.2. The quantitative estimate of drug-likeness (QED) is 0.191. The van der Waals surface area contributed by atoms with E-state index in [9.17, 15) is 18.0 Å². The van der Waals surface area contributed by atoms with Crippen molar-refractivity contribution < 1.29 is 22.4 Å². The fourth-order valence-electron chi connectivity index (χ4n) is 4.64. The summed E-state index contributed by atoms with van der Waals surface area (Å²) in [5.41, 5.74) is 1.29. The molecule has 10 heteroatoms. The van der Waals surface area contributed by atoms with Gasteiger partial charge in [-0.2, -0.15) is 0 Å². The highest BCUT2D eigenvalue weighted by Gasteiger charge is 2.35. The Bertz CT molecular complexity index is 1640. The van der Waals surface area contributed by atoms with Gasteiger partial charge in [-0.05, 0) is 53.9 Å². The molecular weight excluding hydrogens is 633 g/mol. The van der Waals surface area contributed by atoms with Crippen molar-refractivity contribution in [2.75, 3.05) is 17.4 Å². The molecule has 4 rings (SSSR count). The molecule has 1 N–H and O–H groups in total. The van der Waals surface area contributed by atoms with Crippen molar-refractivity contribution in [3.05, 3.63) is 131 Å². The first-order chi connectivity index (χ1) is 20.7. The first-order valence-corrected chi connectivity index (χ1v) is 16.1. The van der Waals surface area contributed by atoms with Crippen LogP contribution >= 0.6 is 15.9 Å². The molecule has 0 aliphatic carbocycles. The number of benzene rings is 4. The fourth-order valence-corrected chi connectivity index (χ4v) is 6.53. The summed E-state index contributed by atoms with van der Waals surface area (Å²) in [6.45, 7) is 1.63. The molecule has 0 aromatic heterocycles. The third-order valence-electron chi connectivity index (χ3n) is 6.79. The number of para-hydroxylation sites is 1. The van der Waals surface area contributed by atoms with Gasteiger partial charge in [0.15, 0.2) is 0 Å². The number of carbonyl (C=O) groups is 2. The maximum Gasteiger partial charge on any atom is 0.264 e. The number of rotatable bonds is 13. The van der Waals surface area contributed by atoms with E-state index in [1.807, 2.05) is 61.5 Å². The minimum atomic E-state index is -4.37. The highest BCUT2D eigenvalue weighted by Crippen LogP contribution is 2.27. The number of carbonyl (C=O) groups excluding carboxylic acids is 2. The summed E-state index contributed by atoms with van der Waals surface area (Å²) in [5, 5.41) is 2.90. The van der Waals surface area contributed by atoms with Gasteiger partial charge < -0.3 is 10.2 Å². The maximum absolute atomic E-state index is 15.1. The zero-order valence-electron chi connectivity index (χ0n) is 23.7. The molecule has 0 bridgehead atoms. The predicted molar refractivity (Wildman–Crippen MR) is 169 cm³/mol. The summed E-state index contributed by atoms with van der Waals surface area (Å²) in [5.74, 6) is -1.82. The molecule has 0 heterocycles. The smallest absolute Gasteiger partial charge is 0.264 e. The topological polar surface area (TPSA) is 86.8 Å². The van der Waals surface area contributed by atoms with Gasteiger partial charge in [0.25, 0.3) is 10.0 Å². The second-order valence-electron chi connectivity index (χ2n) is 9.92. The Balaban J connectivity index is 1.80. The molecule has 0 saturated heterocycles. The van der Waals surface area contributed by atoms with Crippen LogP contribution in [0, 0.1) is 5.82 Å². The lowest BCUT2D eigenvalue weighted by Gasteiger charge is -2.34. The Morgan fingerprint density at radius 1 is 0.860 bits per heavy atom. The molecule has 0 unspecified atom stereocenters. The second kappa shape index (κ2) is 14.9. The molecule has 4 aromatic rings. The Labute approximate surface area is 260 Å². The molecule has 43 heavy (non-hydrogen) atoms. The lowest BCUT2D eigenvalue weighted by molar-refractivity contribution is -0.140. The van der Waals surface area contributed by atoms with Crippen LogP contribution < -0.4 is 9.62 Å². The summed E-state index contributed by atoms with van der Waals surface area (Å²) in [7, 11) is -4.37. The van der Waals surface area contributed by atoms with Gasteiger partial charge in [0.05, 0.1) is 10.6 Å². The van der Waals surface area contributed by atoms with Crippen LogP contribution in [-0.2, 0) is 32.6 Å². The summed E-state index contributed by atoms with van der Waals surface area (Å²) >= 11 is 3.46. The molecule has 0 aliphatic heterocycles. The zero-order chi connectivity index (χ0) is 30.8. The van der Waals surface area contributed by atoms with Crippen LogP contribution in [-0.4, -0.2) is 44.3 Å². The van der Waals surface area contributed by atoms with Crippen LogP contribution in [0.1, 0.15) is 24.5 Å². The molecule has 0 radical (unpaired) electrons. The van der Waals surface area contributed by atoms with Crippen molar-refractivity contribution in [2.24, 2.45) is 0 Å². The van der Waals surface area contributed by atoms with Crippen LogP contribution in [0.3, 0.4) is 0 Å². The van der Waals surface area contributed by atoms with Crippen molar-refractivity contribution in [3.63, 3.8) is 0 Å². The number of sulfonamides is 1. The minimum Gasteiger partial charge on any atom is -0.354 e. The third-order valence-corrected chi connectivity index (χ3v) is 9.06. The maximum atomic E-state index is 15.1. The molecule has 2 amide bonds. The van der Waals surface area contributed by atoms with Crippen molar-refractivity contribution in [3.8, 4) is 0 Å². The number of anilines is 1. The highest BCUT2D eigenvalue weighted by atomic mass is 79.9. The highest BCUT2D eigenvalue weighted by molar-refractivity contribution is 9.10. The van der Waals surface area contributed by atoms with Crippen LogP contribution in [0.2, 0.25) is 0 Å². The van der Waals surface area contributed by atoms with Crippen molar-refractivity contribution >= 4 is 43.5 Å². The van der Waals surface area contributed by atoms with E-state index >= 15 is 4.39 Å². The summed E-state index contributed by atoms with van der Waals surface area (Å²) in [6.07, 6.45) is 0.890. The number of halogens is 2.